The maximum atomic E-state index is 11.4. The fourth-order valence-electron chi connectivity index (χ4n) is 9.20. The molecule has 154 valence electrons. The highest BCUT2D eigenvalue weighted by molar-refractivity contribution is 5.75. The zero-order valence-corrected chi connectivity index (χ0v) is 18.6. The van der Waals surface area contributed by atoms with Crippen LogP contribution >= 0.6 is 0 Å². The van der Waals surface area contributed by atoms with Crippen molar-refractivity contribution in [3.8, 4) is 0 Å². The molecular weight excluding hydrogens is 328 g/mol. The average molecular weight is 373 g/mol. The molecule has 27 heavy (non-hydrogen) atoms. The predicted molar refractivity (Wildman–Crippen MR) is 114 cm³/mol. The third-order valence-corrected chi connectivity index (χ3v) is 10.6. The normalized spacial score (nSPS) is 49.2. The van der Waals surface area contributed by atoms with Gasteiger partial charge in [0.2, 0.25) is 0 Å². The van der Waals surface area contributed by atoms with Crippen LogP contribution in [0, 0.1) is 46.3 Å². The minimum Gasteiger partial charge on any atom is -0.300 e. The maximum Gasteiger partial charge on any atom is 0.129 e. The Bertz CT molecular complexity index is 552. The van der Waals surface area contributed by atoms with Crippen molar-refractivity contribution >= 4 is 5.78 Å². The number of hydrogen-bond donors (Lipinski definition) is 0. The van der Waals surface area contributed by atoms with E-state index < -0.39 is 0 Å². The van der Waals surface area contributed by atoms with Crippen molar-refractivity contribution in [2.24, 2.45) is 46.3 Å². The molecule has 0 radical (unpaired) electrons. The second-order valence-electron chi connectivity index (χ2n) is 11.6. The Kier molecular flexibility index (Phi) is 5.54. The Labute approximate surface area is 168 Å². The predicted octanol–water partition coefficient (Wildman–Crippen LogP) is 7.43. The van der Waals surface area contributed by atoms with Gasteiger partial charge in [-0.15, -0.1) is 0 Å². The topological polar surface area (TPSA) is 17.1 Å². The van der Waals surface area contributed by atoms with Gasteiger partial charge in [0.1, 0.15) is 5.78 Å². The fourth-order valence-corrected chi connectivity index (χ4v) is 9.20. The largest absolute Gasteiger partial charge is 0.300 e. The molecule has 0 N–H and O–H groups in total. The van der Waals surface area contributed by atoms with Crippen molar-refractivity contribution in [2.45, 2.75) is 111 Å². The fraction of sp³-hybridized carbons (Fsp3) is 0.962. The second-order valence-corrected chi connectivity index (χ2v) is 11.6. The SMILES string of the molecule is CC[C@H]1CC2C3CCC(CCCC(C)=O)C3(C)CC[C@@H]2C2(C)CCCCC12. The van der Waals surface area contributed by atoms with E-state index in [0.29, 0.717) is 16.6 Å². The van der Waals surface area contributed by atoms with Gasteiger partial charge in [-0.2, -0.15) is 0 Å². The van der Waals surface area contributed by atoms with Crippen LogP contribution in [-0.2, 0) is 4.79 Å². The zero-order chi connectivity index (χ0) is 19.2. The van der Waals surface area contributed by atoms with Gasteiger partial charge in [0.05, 0.1) is 0 Å². The van der Waals surface area contributed by atoms with Crippen LogP contribution in [0.4, 0.5) is 0 Å². The molecule has 8 atom stereocenters. The smallest absolute Gasteiger partial charge is 0.129 e. The van der Waals surface area contributed by atoms with Crippen LogP contribution in [-0.4, -0.2) is 5.78 Å². The Morgan fingerprint density at radius 2 is 1.70 bits per heavy atom. The summed E-state index contributed by atoms with van der Waals surface area (Å²) in [6.07, 6.45) is 18.1. The first-order valence-electron chi connectivity index (χ1n) is 12.4. The standard InChI is InChI=1S/C26H44O/c1-5-19-17-21-23-13-12-20(10-8-9-18(2)27)25(23,3)16-14-24(21)26(4)15-7-6-11-22(19)26/h19-24H,5-17H2,1-4H3/t19-,20?,21?,22?,23?,24-,25?,26?/m0/s1. The van der Waals surface area contributed by atoms with Crippen LogP contribution in [0.3, 0.4) is 0 Å². The quantitative estimate of drug-likeness (QED) is 0.490. The summed E-state index contributed by atoms with van der Waals surface area (Å²) in [4.78, 5) is 11.4. The Morgan fingerprint density at radius 3 is 2.44 bits per heavy atom. The number of ketones is 1. The van der Waals surface area contributed by atoms with Crippen molar-refractivity contribution in [1.29, 1.82) is 0 Å². The molecule has 0 heterocycles. The summed E-state index contributed by atoms with van der Waals surface area (Å²) in [5, 5.41) is 0. The van der Waals surface area contributed by atoms with E-state index in [4.69, 9.17) is 0 Å². The van der Waals surface area contributed by atoms with E-state index in [0.717, 1.165) is 48.3 Å². The van der Waals surface area contributed by atoms with Crippen LogP contribution in [0.1, 0.15) is 111 Å². The lowest BCUT2D eigenvalue weighted by Crippen LogP contribution is -2.55. The molecule has 0 aromatic rings. The molecule has 0 bridgehead atoms. The Balaban J connectivity index is 1.54. The molecule has 4 fully saturated rings. The maximum absolute atomic E-state index is 11.4. The van der Waals surface area contributed by atoms with Crippen molar-refractivity contribution in [3.63, 3.8) is 0 Å². The van der Waals surface area contributed by atoms with Crippen molar-refractivity contribution in [2.75, 3.05) is 0 Å². The summed E-state index contributed by atoms with van der Waals surface area (Å²) < 4.78 is 0. The summed E-state index contributed by atoms with van der Waals surface area (Å²) in [6, 6.07) is 0. The van der Waals surface area contributed by atoms with Gasteiger partial charge in [0.25, 0.3) is 0 Å². The third-order valence-electron chi connectivity index (χ3n) is 10.6. The van der Waals surface area contributed by atoms with E-state index in [1.54, 1.807) is 13.3 Å². The first-order chi connectivity index (χ1) is 12.9. The first-order valence-corrected chi connectivity index (χ1v) is 12.4. The molecule has 4 aliphatic rings. The molecule has 0 aromatic carbocycles. The van der Waals surface area contributed by atoms with Gasteiger partial charge < -0.3 is 4.79 Å². The number of carbonyl (C=O) groups excluding carboxylic acids is 1. The van der Waals surface area contributed by atoms with Gasteiger partial charge >= 0.3 is 0 Å². The van der Waals surface area contributed by atoms with Gasteiger partial charge in [-0.3, -0.25) is 0 Å². The van der Waals surface area contributed by atoms with Crippen molar-refractivity contribution < 1.29 is 4.79 Å². The number of rotatable bonds is 5. The molecule has 1 nitrogen and oxygen atoms in total. The van der Waals surface area contributed by atoms with E-state index >= 15 is 0 Å². The lowest BCUT2D eigenvalue weighted by Gasteiger charge is -2.62. The van der Waals surface area contributed by atoms with Gasteiger partial charge in [-0.1, -0.05) is 40.0 Å². The molecule has 0 aromatic heterocycles. The van der Waals surface area contributed by atoms with Crippen LogP contribution in [0.5, 0.6) is 0 Å². The third kappa shape index (κ3) is 3.24. The van der Waals surface area contributed by atoms with Gasteiger partial charge in [0.15, 0.2) is 0 Å². The Morgan fingerprint density at radius 1 is 0.926 bits per heavy atom. The lowest BCUT2D eigenvalue weighted by molar-refractivity contribution is -0.136. The minimum atomic E-state index is 0.382. The molecular formula is C26H44O. The van der Waals surface area contributed by atoms with Gasteiger partial charge in [0, 0.05) is 6.42 Å². The van der Waals surface area contributed by atoms with Crippen LogP contribution in [0.15, 0.2) is 0 Å². The molecule has 0 aliphatic heterocycles. The number of carbonyl (C=O) groups is 1. The molecule has 4 rings (SSSR count). The molecule has 1 heteroatoms. The number of hydrogen-bond acceptors (Lipinski definition) is 1. The minimum absolute atomic E-state index is 0.382. The van der Waals surface area contributed by atoms with Gasteiger partial charge in [-0.25, -0.2) is 0 Å². The Hall–Kier alpha value is -0.330. The summed E-state index contributed by atoms with van der Waals surface area (Å²) in [6.45, 7) is 9.62. The highest BCUT2D eigenvalue weighted by atomic mass is 16.1. The lowest BCUT2D eigenvalue weighted by atomic mass is 9.42. The summed E-state index contributed by atoms with van der Waals surface area (Å²) in [5.41, 5.74) is 1.23. The van der Waals surface area contributed by atoms with Gasteiger partial charge in [-0.05, 0) is 111 Å². The molecule has 0 spiro atoms. The monoisotopic (exact) mass is 372 g/mol. The molecule has 4 saturated carbocycles. The van der Waals surface area contributed by atoms with Crippen molar-refractivity contribution in [1.82, 2.24) is 0 Å². The van der Waals surface area contributed by atoms with E-state index in [1.807, 2.05) is 0 Å². The number of fused-ring (bicyclic) bond motifs is 5. The van der Waals surface area contributed by atoms with E-state index in [2.05, 4.69) is 20.8 Å². The first kappa shape index (κ1) is 20.0. The highest BCUT2D eigenvalue weighted by Gasteiger charge is 2.60. The van der Waals surface area contributed by atoms with Crippen LogP contribution in [0.25, 0.3) is 0 Å². The molecule has 4 aliphatic carbocycles. The van der Waals surface area contributed by atoms with E-state index in [1.165, 1.54) is 64.2 Å². The van der Waals surface area contributed by atoms with E-state index in [-0.39, 0.29) is 0 Å². The summed E-state index contributed by atoms with van der Waals surface area (Å²) in [7, 11) is 0. The zero-order valence-electron chi connectivity index (χ0n) is 18.6. The van der Waals surface area contributed by atoms with Crippen LogP contribution < -0.4 is 0 Å². The van der Waals surface area contributed by atoms with Crippen molar-refractivity contribution in [3.05, 3.63) is 0 Å². The van der Waals surface area contributed by atoms with Crippen LogP contribution in [0.2, 0.25) is 0 Å². The second kappa shape index (κ2) is 7.49. The average Bonchev–Trinajstić information content (AvgIpc) is 2.97. The molecule has 6 unspecified atom stereocenters. The van der Waals surface area contributed by atoms with E-state index in [9.17, 15) is 4.79 Å². The number of Topliss-reactive ketones (excluding diaryl/α,β-unsaturated/α-hetero) is 1. The molecule has 0 amide bonds. The summed E-state index contributed by atoms with van der Waals surface area (Å²) >= 11 is 0. The highest BCUT2D eigenvalue weighted by Crippen LogP contribution is 2.69. The summed E-state index contributed by atoms with van der Waals surface area (Å²) in [5.74, 6) is 6.29. The molecule has 0 saturated heterocycles.